The van der Waals surface area contributed by atoms with E-state index in [1.807, 2.05) is 6.08 Å². The molecule has 0 atom stereocenters. The van der Waals surface area contributed by atoms with E-state index < -0.39 is 0 Å². The van der Waals surface area contributed by atoms with Crippen LogP contribution in [0.4, 0.5) is 0 Å². The van der Waals surface area contributed by atoms with Gasteiger partial charge in [-0.15, -0.1) is 0 Å². The Morgan fingerprint density at radius 3 is 2.50 bits per heavy atom. The summed E-state index contributed by atoms with van der Waals surface area (Å²) in [6.07, 6.45) is 10.2. The van der Waals surface area contributed by atoms with Crippen molar-refractivity contribution < 1.29 is 9.53 Å². The molecule has 3 heteroatoms. The number of esters is 1. The van der Waals surface area contributed by atoms with Crippen LogP contribution in [0.25, 0.3) is 0 Å². The zero-order valence-corrected chi connectivity index (χ0v) is 9.00. The Kier molecular flexibility index (Phi) is 9.64. The van der Waals surface area contributed by atoms with E-state index >= 15 is 0 Å². The van der Waals surface area contributed by atoms with Crippen LogP contribution in [0.5, 0.6) is 0 Å². The number of nitrogens with two attached hydrogens (primary N) is 1. The molecule has 0 bridgehead atoms. The minimum absolute atomic E-state index is 0.270. The monoisotopic (exact) mass is 199 g/mol. The van der Waals surface area contributed by atoms with E-state index in [4.69, 9.17) is 5.73 Å². The summed E-state index contributed by atoms with van der Waals surface area (Å²) >= 11 is 0. The first-order valence-electron chi connectivity index (χ1n) is 5.26. The first-order valence-corrected chi connectivity index (χ1v) is 5.26. The Labute approximate surface area is 86.3 Å². The molecule has 0 aromatic heterocycles. The summed E-state index contributed by atoms with van der Waals surface area (Å²) in [5, 5.41) is 0. The average molecular weight is 199 g/mol. The molecule has 14 heavy (non-hydrogen) atoms. The van der Waals surface area contributed by atoms with E-state index in [1.165, 1.54) is 32.4 Å². The molecule has 0 unspecified atom stereocenters. The van der Waals surface area contributed by atoms with Gasteiger partial charge in [0.25, 0.3) is 0 Å². The molecule has 0 radical (unpaired) electrons. The lowest BCUT2D eigenvalue weighted by atomic mass is 10.1. The third-order valence-electron chi connectivity index (χ3n) is 2.03. The largest absolute Gasteiger partial charge is 0.466 e. The number of hydrogen-bond acceptors (Lipinski definition) is 3. The second-order valence-corrected chi connectivity index (χ2v) is 3.27. The highest BCUT2D eigenvalue weighted by Crippen LogP contribution is 2.05. The number of ether oxygens (including phenoxy) is 1. The van der Waals surface area contributed by atoms with Gasteiger partial charge >= 0.3 is 5.97 Å². The average Bonchev–Trinajstić information content (AvgIpc) is 2.21. The van der Waals surface area contributed by atoms with Crippen LogP contribution in [0.2, 0.25) is 0 Å². The van der Waals surface area contributed by atoms with Gasteiger partial charge in [0.15, 0.2) is 0 Å². The van der Waals surface area contributed by atoms with E-state index in [9.17, 15) is 4.79 Å². The van der Waals surface area contributed by atoms with E-state index in [-0.39, 0.29) is 5.97 Å². The van der Waals surface area contributed by atoms with Crippen LogP contribution in [0.15, 0.2) is 12.2 Å². The molecule has 3 nitrogen and oxygen atoms in total. The van der Waals surface area contributed by atoms with Crippen LogP contribution in [0, 0.1) is 0 Å². The van der Waals surface area contributed by atoms with Gasteiger partial charge in [-0.05, 0) is 25.8 Å². The third-order valence-corrected chi connectivity index (χ3v) is 2.03. The van der Waals surface area contributed by atoms with Gasteiger partial charge < -0.3 is 10.5 Å². The lowest BCUT2D eigenvalue weighted by molar-refractivity contribution is -0.134. The van der Waals surface area contributed by atoms with E-state index in [1.54, 1.807) is 0 Å². The smallest absolute Gasteiger partial charge is 0.330 e. The van der Waals surface area contributed by atoms with Gasteiger partial charge in [0, 0.05) is 6.08 Å². The van der Waals surface area contributed by atoms with Gasteiger partial charge in [-0.2, -0.15) is 0 Å². The highest BCUT2D eigenvalue weighted by molar-refractivity contribution is 5.81. The fraction of sp³-hybridized carbons (Fsp3) is 0.727. The number of unbranched alkanes of at least 4 members (excludes halogenated alkanes) is 5. The fourth-order valence-electron chi connectivity index (χ4n) is 1.18. The maximum atomic E-state index is 10.7. The summed E-state index contributed by atoms with van der Waals surface area (Å²) in [5.74, 6) is -0.270. The molecule has 0 aromatic carbocycles. The Morgan fingerprint density at radius 1 is 1.21 bits per heavy atom. The van der Waals surface area contributed by atoms with E-state index in [2.05, 4.69) is 4.74 Å². The molecule has 82 valence electrons. The molecule has 0 spiro atoms. The lowest BCUT2D eigenvalue weighted by Gasteiger charge is -1.97. The zero-order valence-electron chi connectivity index (χ0n) is 9.00. The second-order valence-electron chi connectivity index (χ2n) is 3.27. The van der Waals surface area contributed by atoms with Gasteiger partial charge in [0.1, 0.15) is 0 Å². The first kappa shape index (κ1) is 13.2. The molecular weight excluding hydrogens is 178 g/mol. The van der Waals surface area contributed by atoms with Gasteiger partial charge in [-0.1, -0.05) is 25.3 Å². The van der Waals surface area contributed by atoms with Crippen molar-refractivity contribution in [1.29, 1.82) is 0 Å². The van der Waals surface area contributed by atoms with Gasteiger partial charge in [-0.3, -0.25) is 0 Å². The normalized spacial score (nSPS) is 10.7. The number of carbonyl (C=O) groups is 1. The fourth-order valence-corrected chi connectivity index (χ4v) is 1.18. The number of allylic oxidation sites excluding steroid dienone is 1. The Hall–Kier alpha value is -0.830. The van der Waals surface area contributed by atoms with Crippen molar-refractivity contribution in [2.45, 2.75) is 38.5 Å². The second kappa shape index (κ2) is 10.3. The van der Waals surface area contributed by atoms with Crippen LogP contribution in [0.3, 0.4) is 0 Å². The lowest BCUT2D eigenvalue weighted by Crippen LogP contribution is -1.97. The molecule has 0 aromatic rings. The van der Waals surface area contributed by atoms with Crippen molar-refractivity contribution in [3.63, 3.8) is 0 Å². The number of carbonyl (C=O) groups excluding carboxylic acids is 1. The molecule has 0 aliphatic carbocycles. The first-order chi connectivity index (χ1) is 6.81. The highest BCUT2D eigenvalue weighted by atomic mass is 16.5. The van der Waals surface area contributed by atoms with Crippen LogP contribution in [-0.2, 0) is 9.53 Å². The minimum Gasteiger partial charge on any atom is -0.466 e. The van der Waals surface area contributed by atoms with Crippen LogP contribution < -0.4 is 5.73 Å². The predicted molar refractivity (Wildman–Crippen MR) is 57.9 cm³/mol. The van der Waals surface area contributed by atoms with Gasteiger partial charge in [0.2, 0.25) is 0 Å². The maximum absolute atomic E-state index is 10.7. The predicted octanol–water partition coefficient (Wildman–Crippen LogP) is 2.01. The molecule has 0 saturated carbocycles. The van der Waals surface area contributed by atoms with E-state index in [0.29, 0.717) is 0 Å². The van der Waals surface area contributed by atoms with Gasteiger partial charge in [0.05, 0.1) is 7.11 Å². The molecule has 2 N–H and O–H groups in total. The molecule has 0 saturated heterocycles. The molecule has 0 fully saturated rings. The van der Waals surface area contributed by atoms with E-state index in [0.717, 1.165) is 25.8 Å². The molecule has 0 heterocycles. The summed E-state index contributed by atoms with van der Waals surface area (Å²) in [6.45, 7) is 0.794. The molecular formula is C11H21NO2. The molecule has 0 amide bonds. The zero-order chi connectivity index (χ0) is 10.6. The van der Waals surface area contributed by atoms with Crippen LogP contribution >= 0.6 is 0 Å². The molecule has 0 aliphatic heterocycles. The minimum atomic E-state index is -0.270. The Balaban J connectivity index is 3.13. The number of hydrogen-bond donors (Lipinski definition) is 1. The SMILES string of the molecule is COC(=O)C=CCCCCCCCN. The summed E-state index contributed by atoms with van der Waals surface area (Å²) < 4.78 is 4.47. The molecule has 0 rings (SSSR count). The van der Waals surface area contributed by atoms with Crippen molar-refractivity contribution in [2.24, 2.45) is 5.73 Å². The van der Waals surface area contributed by atoms with Gasteiger partial charge in [-0.25, -0.2) is 4.79 Å². The summed E-state index contributed by atoms with van der Waals surface area (Å²) in [4.78, 5) is 10.7. The highest BCUT2D eigenvalue weighted by Gasteiger charge is 1.90. The Bertz CT molecular complexity index is 167. The maximum Gasteiger partial charge on any atom is 0.330 e. The summed E-state index contributed by atoms with van der Waals surface area (Å²) in [5.41, 5.74) is 5.38. The Morgan fingerprint density at radius 2 is 1.86 bits per heavy atom. The van der Waals surface area contributed by atoms with Crippen LogP contribution in [0.1, 0.15) is 38.5 Å². The standard InChI is InChI=1S/C11H21NO2/c1-14-11(13)9-7-5-3-2-4-6-8-10-12/h7,9H,2-6,8,10,12H2,1H3. The summed E-state index contributed by atoms with van der Waals surface area (Å²) in [7, 11) is 1.39. The van der Waals surface area contributed by atoms with Crippen molar-refractivity contribution >= 4 is 5.97 Å². The summed E-state index contributed by atoms with van der Waals surface area (Å²) in [6, 6.07) is 0. The number of rotatable bonds is 8. The third kappa shape index (κ3) is 9.26. The number of methoxy groups -OCH3 is 1. The van der Waals surface area contributed by atoms with Crippen molar-refractivity contribution in [1.82, 2.24) is 0 Å². The van der Waals surface area contributed by atoms with Crippen molar-refractivity contribution in [3.8, 4) is 0 Å². The topological polar surface area (TPSA) is 52.3 Å². The van der Waals surface area contributed by atoms with Crippen molar-refractivity contribution in [3.05, 3.63) is 12.2 Å². The molecule has 0 aliphatic rings. The van der Waals surface area contributed by atoms with Crippen LogP contribution in [-0.4, -0.2) is 19.6 Å². The quantitative estimate of drug-likeness (QED) is 0.369. The van der Waals surface area contributed by atoms with Crippen molar-refractivity contribution in [2.75, 3.05) is 13.7 Å².